The zero-order chi connectivity index (χ0) is 48.6. The number of hydrogen-bond donors (Lipinski definition) is 0. The first kappa shape index (κ1) is 41.7. The summed E-state index contributed by atoms with van der Waals surface area (Å²) < 4.78 is 6.76. The Kier molecular flexibility index (Phi) is 9.58. The number of hydrogen-bond acceptors (Lipinski definition) is 2. The molecule has 73 heavy (non-hydrogen) atoms. The van der Waals surface area contributed by atoms with E-state index in [1.165, 1.54) is 0 Å². The molecule has 0 N–H and O–H groups in total. The number of aromatic nitrogens is 3. The van der Waals surface area contributed by atoms with E-state index in [-0.39, 0.29) is 0 Å². The van der Waals surface area contributed by atoms with Crippen molar-refractivity contribution < 1.29 is 0 Å². The maximum absolute atomic E-state index is 12.3. The van der Waals surface area contributed by atoms with Crippen molar-refractivity contribution in [3.8, 4) is 73.7 Å². The van der Waals surface area contributed by atoms with Crippen LogP contribution in [-0.4, -0.2) is 13.7 Å². The summed E-state index contributed by atoms with van der Waals surface area (Å²) in [6.07, 6.45) is 0. The lowest BCUT2D eigenvalue weighted by Crippen LogP contribution is -2.14. The Morgan fingerprint density at radius 2 is 0.507 bits per heavy atom. The van der Waals surface area contributed by atoms with E-state index in [1.807, 2.05) is 36.4 Å². The molecule has 14 aromatic rings. The van der Waals surface area contributed by atoms with E-state index in [9.17, 15) is 10.5 Å². The molecule has 5 nitrogen and oxygen atoms in total. The molecule has 0 atom stereocenters. The Hall–Kier alpha value is -10.2. The SMILES string of the molecule is N#Cc1c(-n2c3ccc(-c4ccccc4)cc3c3cc(-c4ccccc4)ccc32)c(C#N)c(-n2c3ccccc3c3cc(-c4ccccc4)ccc32)c(-c2ccccc2)c1-n1c2ccccc2c2ccccc21. The van der Waals surface area contributed by atoms with Gasteiger partial charge in [-0.2, -0.15) is 10.5 Å². The molecule has 0 radical (unpaired) electrons. The lowest BCUT2D eigenvalue weighted by molar-refractivity contribution is 1.08. The minimum absolute atomic E-state index is 0.382. The monoisotopic (exact) mass is 927 g/mol. The van der Waals surface area contributed by atoms with Gasteiger partial charge in [0.25, 0.3) is 0 Å². The summed E-state index contributed by atoms with van der Waals surface area (Å²) in [5, 5.41) is 30.9. The van der Waals surface area contributed by atoms with Gasteiger partial charge in [0.05, 0.1) is 50.2 Å². The van der Waals surface area contributed by atoms with Gasteiger partial charge in [-0.25, -0.2) is 0 Å². The molecule has 0 aliphatic rings. The molecule has 5 heteroatoms. The topological polar surface area (TPSA) is 62.4 Å². The second-order valence-electron chi connectivity index (χ2n) is 18.6. The zero-order valence-corrected chi connectivity index (χ0v) is 39.4. The minimum Gasteiger partial charge on any atom is -0.307 e. The quantitative estimate of drug-likeness (QED) is 0.160. The van der Waals surface area contributed by atoms with Crippen LogP contribution in [0.5, 0.6) is 0 Å². The van der Waals surface area contributed by atoms with E-state index in [1.54, 1.807) is 0 Å². The standard InChI is InChI=1S/C68H41N5/c69-42-57-66(71-63-37-34-49(45-21-7-2-8-22-45)40-55(63)56-41-50(35-38-64(56)71)46-23-9-3-10-24-46)58(43-70)68(73-61-32-18-15-29-53(61)54-39-48(33-36-62(54)73)44-19-5-1-6-20-44)65(47-25-11-4-12-26-47)67(57)72-59-30-16-13-27-51(59)52-28-14-17-31-60(52)72/h1-41H. The minimum atomic E-state index is 0.382. The summed E-state index contributed by atoms with van der Waals surface area (Å²) in [5.41, 5.74) is 16.5. The van der Waals surface area contributed by atoms with E-state index in [0.29, 0.717) is 28.2 Å². The molecule has 0 unspecified atom stereocenters. The van der Waals surface area contributed by atoms with E-state index in [4.69, 9.17) is 0 Å². The molecule has 0 saturated carbocycles. The van der Waals surface area contributed by atoms with Crippen LogP contribution in [-0.2, 0) is 0 Å². The number of para-hydroxylation sites is 3. The van der Waals surface area contributed by atoms with Gasteiger partial charge in [0, 0.05) is 37.9 Å². The average Bonchev–Trinajstić information content (AvgIpc) is 4.15. The van der Waals surface area contributed by atoms with Crippen LogP contribution in [0.3, 0.4) is 0 Å². The lowest BCUT2D eigenvalue weighted by Gasteiger charge is -2.26. The van der Waals surface area contributed by atoms with E-state index in [2.05, 4.69) is 238 Å². The molecule has 14 rings (SSSR count). The fraction of sp³-hybridized carbons (Fsp3) is 0. The highest BCUT2D eigenvalue weighted by Gasteiger charge is 2.33. The summed E-state index contributed by atoms with van der Waals surface area (Å²) in [6.45, 7) is 0. The van der Waals surface area contributed by atoms with Gasteiger partial charge in [0.2, 0.25) is 0 Å². The summed E-state index contributed by atoms with van der Waals surface area (Å²) in [4.78, 5) is 0. The summed E-state index contributed by atoms with van der Waals surface area (Å²) in [5.74, 6) is 0. The number of nitriles is 2. The van der Waals surface area contributed by atoms with Crippen LogP contribution in [0.2, 0.25) is 0 Å². The van der Waals surface area contributed by atoms with Crippen molar-refractivity contribution >= 4 is 65.4 Å². The van der Waals surface area contributed by atoms with Gasteiger partial charge < -0.3 is 13.7 Å². The highest BCUT2D eigenvalue weighted by molar-refractivity contribution is 6.16. The summed E-state index contributed by atoms with van der Waals surface area (Å²) >= 11 is 0. The molecule has 338 valence electrons. The van der Waals surface area contributed by atoms with Gasteiger partial charge >= 0.3 is 0 Å². The average molecular weight is 928 g/mol. The van der Waals surface area contributed by atoms with Crippen LogP contribution in [0.25, 0.3) is 127 Å². The van der Waals surface area contributed by atoms with Gasteiger partial charge in [0.1, 0.15) is 23.3 Å². The molecule has 0 fully saturated rings. The van der Waals surface area contributed by atoms with Crippen LogP contribution >= 0.6 is 0 Å². The fourth-order valence-corrected chi connectivity index (χ4v) is 11.5. The molecular weight excluding hydrogens is 887 g/mol. The Balaban J connectivity index is 1.22. The van der Waals surface area contributed by atoms with Crippen molar-refractivity contribution in [3.05, 3.63) is 260 Å². The molecule has 3 aromatic heterocycles. The van der Waals surface area contributed by atoms with Crippen molar-refractivity contribution in [2.45, 2.75) is 0 Å². The van der Waals surface area contributed by atoms with Crippen LogP contribution in [0.1, 0.15) is 11.1 Å². The van der Waals surface area contributed by atoms with Crippen molar-refractivity contribution in [1.29, 1.82) is 10.5 Å². The third-order valence-corrected chi connectivity index (χ3v) is 14.7. The van der Waals surface area contributed by atoms with E-state index < -0.39 is 0 Å². The predicted molar refractivity (Wildman–Crippen MR) is 301 cm³/mol. The van der Waals surface area contributed by atoms with Crippen LogP contribution in [0, 0.1) is 22.7 Å². The fourth-order valence-electron chi connectivity index (χ4n) is 11.5. The highest BCUT2D eigenvalue weighted by Crippen LogP contribution is 2.49. The molecule has 0 saturated heterocycles. The lowest BCUT2D eigenvalue weighted by atomic mass is 9.91. The van der Waals surface area contributed by atoms with Crippen molar-refractivity contribution in [1.82, 2.24) is 13.7 Å². The number of fused-ring (bicyclic) bond motifs is 9. The van der Waals surface area contributed by atoms with Gasteiger partial charge in [-0.15, -0.1) is 0 Å². The maximum atomic E-state index is 12.3. The van der Waals surface area contributed by atoms with Crippen molar-refractivity contribution in [2.75, 3.05) is 0 Å². The molecule has 0 spiro atoms. The molecule has 0 aliphatic heterocycles. The maximum Gasteiger partial charge on any atom is 0.104 e. The van der Waals surface area contributed by atoms with Crippen LogP contribution in [0.15, 0.2) is 249 Å². The Morgan fingerprint density at radius 3 is 0.863 bits per heavy atom. The predicted octanol–water partition coefficient (Wildman–Crippen LogP) is 17.4. The Labute approximate surface area is 421 Å². The van der Waals surface area contributed by atoms with Gasteiger partial charge in [-0.1, -0.05) is 194 Å². The van der Waals surface area contributed by atoms with Gasteiger partial charge in [-0.3, -0.25) is 0 Å². The molecule has 0 bridgehead atoms. The van der Waals surface area contributed by atoms with Crippen molar-refractivity contribution in [2.24, 2.45) is 0 Å². The van der Waals surface area contributed by atoms with Gasteiger partial charge in [0.15, 0.2) is 0 Å². The number of benzene rings is 11. The molecule has 0 amide bonds. The Morgan fingerprint density at radius 1 is 0.233 bits per heavy atom. The molecule has 3 heterocycles. The second kappa shape index (κ2) is 16.7. The first-order valence-electron chi connectivity index (χ1n) is 24.5. The first-order chi connectivity index (χ1) is 36.2. The first-order valence-corrected chi connectivity index (χ1v) is 24.5. The largest absolute Gasteiger partial charge is 0.307 e. The third-order valence-electron chi connectivity index (χ3n) is 14.7. The number of rotatable bonds is 7. The highest BCUT2D eigenvalue weighted by atomic mass is 15.1. The second-order valence-corrected chi connectivity index (χ2v) is 18.6. The number of nitrogens with zero attached hydrogens (tertiary/aromatic N) is 5. The Bertz CT molecular complexity index is 4450. The van der Waals surface area contributed by atoms with Gasteiger partial charge in [-0.05, 0) is 93.5 Å². The summed E-state index contributed by atoms with van der Waals surface area (Å²) in [6, 6.07) is 92.6. The van der Waals surface area contributed by atoms with Crippen LogP contribution in [0.4, 0.5) is 0 Å². The third kappa shape index (κ3) is 6.40. The van der Waals surface area contributed by atoms with Crippen molar-refractivity contribution in [3.63, 3.8) is 0 Å². The van der Waals surface area contributed by atoms with E-state index in [0.717, 1.165) is 110 Å². The molecule has 0 aliphatic carbocycles. The van der Waals surface area contributed by atoms with E-state index >= 15 is 0 Å². The summed E-state index contributed by atoms with van der Waals surface area (Å²) in [7, 11) is 0. The smallest absolute Gasteiger partial charge is 0.104 e. The molecule has 11 aromatic carbocycles. The molecular formula is C68H41N5. The normalized spacial score (nSPS) is 11.5. The van der Waals surface area contributed by atoms with Crippen LogP contribution < -0.4 is 0 Å². The zero-order valence-electron chi connectivity index (χ0n) is 39.4.